The molecule has 1 unspecified atom stereocenters. The van der Waals surface area contributed by atoms with Gasteiger partial charge in [-0.25, -0.2) is 13.2 Å². The van der Waals surface area contributed by atoms with E-state index in [1.807, 2.05) is 4.90 Å². The van der Waals surface area contributed by atoms with E-state index in [1.165, 1.54) is 25.0 Å². The van der Waals surface area contributed by atoms with E-state index >= 15 is 0 Å². The van der Waals surface area contributed by atoms with Gasteiger partial charge in [0.15, 0.2) is 9.84 Å². The molecule has 2 aliphatic heterocycles. The molecule has 2 amide bonds. The summed E-state index contributed by atoms with van der Waals surface area (Å²) in [4.78, 5) is 16.9. The van der Waals surface area contributed by atoms with Crippen molar-refractivity contribution in [2.75, 3.05) is 37.8 Å². The summed E-state index contributed by atoms with van der Waals surface area (Å²) < 4.78 is 23.2. The van der Waals surface area contributed by atoms with Crippen LogP contribution in [-0.4, -0.2) is 62.7 Å². The minimum absolute atomic E-state index is 0.155. The molecule has 0 saturated carbocycles. The average Bonchev–Trinajstić information content (AvgIpc) is 3.18. The Bertz CT molecular complexity index is 684. The molecule has 2 heterocycles. The lowest BCUT2D eigenvalue weighted by atomic mass is 10.2. The number of likely N-dealkylation sites (tertiary alicyclic amines) is 2. The molecule has 1 aromatic carbocycles. The first-order chi connectivity index (χ1) is 10.9. The third-order valence-electron chi connectivity index (χ3n) is 4.62. The van der Waals surface area contributed by atoms with Crippen LogP contribution in [0.25, 0.3) is 0 Å². The number of rotatable bonds is 3. The number of nitrogens with one attached hydrogen (secondary N) is 1. The van der Waals surface area contributed by atoms with Crippen LogP contribution >= 0.6 is 0 Å². The Morgan fingerprint density at radius 1 is 1.22 bits per heavy atom. The minimum Gasteiger partial charge on any atom is -0.323 e. The summed E-state index contributed by atoms with van der Waals surface area (Å²) in [6.07, 6.45) is 4.67. The first kappa shape index (κ1) is 16.3. The van der Waals surface area contributed by atoms with Crippen molar-refractivity contribution in [2.45, 2.75) is 30.2 Å². The third kappa shape index (κ3) is 3.84. The Hall–Kier alpha value is -1.60. The van der Waals surface area contributed by atoms with Crippen LogP contribution in [-0.2, 0) is 9.84 Å². The Morgan fingerprint density at radius 3 is 2.65 bits per heavy atom. The SMILES string of the molecule is CS(=O)(=O)c1cccc(NC(=O)N2CCC(N3CCCC3)C2)c1. The molecule has 1 N–H and O–H groups in total. The van der Waals surface area contributed by atoms with Gasteiger partial charge in [0.05, 0.1) is 4.90 Å². The minimum atomic E-state index is -3.27. The van der Waals surface area contributed by atoms with Crippen molar-refractivity contribution in [3.63, 3.8) is 0 Å². The molecular weight excluding hydrogens is 314 g/mol. The van der Waals surface area contributed by atoms with Gasteiger partial charge in [0.25, 0.3) is 0 Å². The zero-order valence-corrected chi connectivity index (χ0v) is 14.2. The van der Waals surface area contributed by atoms with Crippen LogP contribution in [0, 0.1) is 0 Å². The van der Waals surface area contributed by atoms with Gasteiger partial charge in [-0.3, -0.25) is 4.90 Å². The number of carbonyl (C=O) groups is 1. The van der Waals surface area contributed by atoms with Crippen LogP contribution in [0.2, 0.25) is 0 Å². The van der Waals surface area contributed by atoms with Crippen LogP contribution in [0.5, 0.6) is 0 Å². The zero-order chi connectivity index (χ0) is 16.4. The molecule has 6 nitrogen and oxygen atoms in total. The highest BCUT2D eigenvalue weighted by Gasteiger charge is 2.31. The monoisotopic (exact) mass is 337 g/mol. The van der Waals surface area contributed by atoms with Gasteiger partial charge in [-0.05, 0) is 50.6 Å². The van der Waals surface area contributed by atoms with E-state index in [4.69, 9.17) is 0 Å². The van der Waals surface area contributed by atoms with E-state index in [-0.39, 0.29) is 10.9 Å². The molecule has 0 radical (unpaired) electrons. The second-order valence-corrected chi connectivity index (χ2v) is 8.38. The molecule has 2 aliphatic rings. The summed E-state index contributed by atoms with van der Waals surface area (Å²) >= 11 is 0. The second-order valence-electron chi connectivity index (χ2n) is 6.36. The van der Waals surface area contributed by atoms with Crippen LogP contribution in [0.15, 0.2) is 29.2 Å². The molecule has 0 spiro atoms. The quantitative estimate of drug-likeness (QED) is 0.913. The molecule has 2 saturated heterocycles. The summed E-state index contributed by atoms with van der Waals surface area (Å²) in [7, 11) is -3.27. The highest BCUT2D eigenvalue weighted by Crippen LogP contribution is 2.22. The fraction of sp³-hybridized carbons (Fsp3) is 0.562. The first-order valence-corrected chi connectivity index (χ1v) is 9.93. The van der Waals surface area contributed by atoms with Crippen molar-refractivity contribution < 1.29 is 13.2 Å². The van der Waals surface area contributed by atoms with Gasteiger partial charge in [-0.15, -0.1) is 0 Å². The van der Waals surface area contributed by atoms with Gasteiger partial charge >= 0.3 is 6.03 Å². The Balaban J connectivity index is 1.61. The van der Waals surface area contributed by atoms with Crippen LogP contribution < -0.4 is 5.32 Å². The number of sulfone groups is 1. The predicted octanol–water partition coefficient (Wildman–Crippen LogP) is 1.79. The summed E-state index contributed by atoms with van der Waals surface area (Å²) in [6.45, 7) is 3.77. The molecule has 0 aliphatic carbocycles. The standard InChI is InChI=1S/C16H23N3O3S/c1-23(21,22)15-6-4-5-13(11-15)17-16(20)19-10-7-14(12-19)18-8-2-3-9-18/h4-6,11,14H,2-3,7-10,12H2,1H3,(H,17,20). The van der Waals surface area contributed by atoms with E-state index < -0.39 is 9.84 Å². The second kappa shape index (κ2) is 6.49. The van der Waals surface area contributed by atoms with Gasteiger partial charge < -0.3 is 10.2 Å². The Kier molecular flexibility index (Phi) is 4.59. The molecule has 3 rings (SSSR count). The van der Waals surface area contributed by atoms with E-state index in [9.17, 15) is 13.2 Å². The van der Waals surface area contributed by atoms with Crippen molar-refractivity contribution >= 4 is 21.6 Å². The maximum absolute atomic E-state index is 12.4. The number of hydrogen-bond acceptors (Lipinski definition) is 4. The summed E-state index contributed by atoms with van der Waals surface area (Å²) in [5.41, 5.74) is 0.516. The molecule has 7 heteroatoms. The summed E-state index contributed by atoms with van der Waals surface area (Å²) in [5.74, 6) is 0. The number of hydrogen-bond donors (Lipinski definition) is 1. The fourth-order valence-corrected chi connectivity index (χ4v) is 4.00. The molecular formula is C16H23N3O3S. The van der Waals surface area contributed by atoms with E-state index in [0.29, 0.717) is 11.7 Å². The van der Waals surface area contributed by atoms with Crippen molar-refractivity contribution in [3.05, 3.63) is 24.3 Å². The number of anilines is 1. The van der Waals surface area contributed by atoms with Crippen molar-refractivity contribution in [1.29, 1.82) is 0 Å². The lowest BCUT2D eigenvalue weighted by molar-refractivity contribution is 0.210. The smallest absolute Gasteiger partial charge is 0.321 e. The topological polar surface area (TPSA) is 69.7 Å². The molecule has 23 heavy (non-hydrogen) atoms. The zero-order valence-electron chi connectivity index (χ0n) is 13.4. The number of nitrogens with zero attached hydrogens (tertiary/aromatic N) is 2. The highest BCUT2D eigenvalue weighted by atomic mass is 32.2. The average molecular weight is 337 g/mol. The molecule has 2 fully saturated rings. The number of urea groups is 1. The van der Waals surface area contributed by atoms with E-state index in [0.717, 1.165) is 38.9 Å². The van der Waals surface area contributed by atoms with Crippen molar-refractivity contribution in [1.82, 2.24) is 9.80 Å². The summed E-state index contributed by atoms with van der Waals surface area (Å²) in [6, 6.07) is 6.69. The summed E-state index contributed by atoms with van der Waals surface area (Å²) in [5, 5.41) is 2.81. The van der Waals surface area contributed by atoms with Gasteiger partial charge in [0, 0.05) is 31.1 Å². The molecule has 0 aromatic heterocycles. The molecule has 1 aromatic rings. The lowest BCUT2D eigenvalue weighted by Crippen LogP contribution is -2.38. The van der Waals surface area contributed by atoms with Crippen molar-refractivity contribution in [2.24, 2.45) is 0 Å². The Labute approximate surface area is 137 Å². The highest BCUT2D eigenvalue weighted by molar-refractivity contribution is 7.90. The van der Waals surface area contributed by atoms with Crippen LogP contribution in [0.4, 0.5) is 10.5 Å². The third-order valence-corrected chi connectivity index (χ3v) is 5.73. The largest absolute Gasteiger partial charge is 0.323 e. The molecule has 0 bridgehead atoms. The number of amides is 2. The number of carbonyl (C=O) groups excluding carboxylic acids is 1. The molecule has 126 valence electrons. The first-order valence-electron chi connectivity index (χ1n) is 8.03. The molecule has 1 atom stereocenters. The van der Waals surface area contributed by atoms with Gasteiger partial charge in [-0.2, -0.15) is 0 Å². The van der Waals surface area contributed by atoms with Gasteiger partial charge in [-0.1, -0.05) is 6.07 Å². The lowest BCUT2D eigenvalue weighted by Gasteiger charge is -2.23. The predicted molar refractivity (Wildman–Crippen MR) is 89.4 cm³/mol. The van der Waals surface area contributed by atoms with Gasteiger partial charge in [0.1, 0.15) is 0 Å². The van der Waals surface area contributed by atoms with Crippen LogP contribution in [0.1, 0.15) is 19.3 Å². The van der Waals surface area contributed by atoms with E-state index in [1.54, 1.807) is 12.1 Å². The van der Waals surface area contributed by atoms with E-state index in [2.05, 4.69) is 10.2 Å². The van der Waals surface area contributed by atoms with Gasteiger partial charge in [0.2, 0.25) is 0 Å². The fourth-order valence-electron chi connectivity index (χ4n) is 3.34. The maximum atomic E-state index is 12.4. The maximum Gasteiger partial charge on any atom is 0.321 e. The normalized spacial score (nSPS) is 22.5. The number of benzene rings is 1. The Morgan fingerprint density at radius 2 is 1.96 bits per heavy atom. The van der Waals surface area contributed by atoms with Crippen molar-refractivity contribution in [3.8, 4) is 0 Å². The van der Waals surface area contributed by atoms with Crippen LogP contribution in [0.3, 0.4) is 0 Å².